The fourth-order valence-corrected chi connectivity index (χ4v) is 2.89. The normalized spacial score (nSPS) is 11.2. The summed E-state index contributed by atoms with van der Waals surface area (Å²) in [5.74, 6) is -0.278. The van der Waals surface area contributed by atoms with Crippen LogP contribution in [0.2, 0.25) is 0 Å². The van der Waals surface area contributed by atoms with E-state index in [2.05, 4.69) is 21.2 Å². The van der Waals surface area contributed by atoms with Crippen molar-refractivity contribution in [2.24, 2.45) is 0 Å². The van der Waals surface area contributed by atoms with Crippen molar-refractivity contribution in [2.75, 3.05) is 11.6 Å². The summed E-state index contributed by atoms with van der Waals surface area (Å²) in [5, 5.41) is 2.71. The highest BCUT2D eigenvalue weighted by atomic mass is 79.9. The van der Waals surface area contributed by atoms with E-state index in [9.17, 15) is 13.2 Å². The van der Waals surface area contributed by atoms with Crippen molar-refractivity contribution in [2.45, 2.75) is 11.8 Å². The zero-order valence-corrected chi connectivity index (χ0v) is 14.0. The molecule has 1 amide bonds. The Labute approximate surface area is 132 Å². The van der Waals surface area contributed by atoms with Crippen molar-refractivity contribution in [3.05, 3.63) is 58.1 Å². The molecule has 6 heteroatoms. The van der Waals surface area contributed by atoms with Crippen LogP contribution in [-0.2, 0) is 9.84 Å². The minimum atomic E-state index is -3.30. The van der Waals surface area contributed by atoms with E-state index >= 15 is 0 Å². The maximum Gasteiger partial charge on any atom is 0.255 e. The predicted molar refractivity (Wildman–Crippen MR) is 86.4 cm³/mol. The van der Waals surface area contributed by atoms with Crippen molar-refractivity contribution in [1.29, 1.82) is 0 Å². The van der Waals surface area contributed by atoms with Gasteiger partial charge in [0.15, 0.2) is 9.84 Å². The average molecular weight is 368 g/mol. The Morgan fingerprint density at radius 1 is 1.14 bits per heavy atom. The quantitative estimate of drug-likeness (QED) is 0.903. The third-order valence-electron chi connectivity index (χ3n) is 3.03. The van der Waals surface area contributed by atoms with Crippen LogP contribution in [0.15, 0.2) is 51.8 Å². The zero-order chi connectivity index (χ0) is 15.6. The number of nitrogens with one attached hydrogen (secondary N) is 1. The first-order valence-corrected chi connectivity index (χ1v) is 8.84. The fraction of sp³-hybridized carbons (Fsp3) is 0.133. The van der Waals surface area contributed by atoms with Crippen LogP contribution in [-0.4, -0.2) is 20.6 Å². The lowest BCUT2D eigenvalue weighted by Gasteiger charge is -2.09. The Morgan fingerprint density at radius 2 is 1.81 bits per heavy atom. The maximum absolute atomic E-state index is 12.3. The SMILES string of the molecule is Cc1c(Br)cccc1C(=O)Nc1cccc(S(C)(=O)=O)c1. The molecule has 0 atom stereocenters. The molecule has 2 aromatic rings. The molecule has 1 N–H and O–H groups in total. The van der Waals surface area contributed by atoms with Gasteiger partial charge in [0.2, 0.25) is 0 Å². The minimum absolute atomic E-state index is 0.172. The third-order valence-corrected chi connectivity index (χ3v) is 5.00. The molecule has 0 heterocycles. The number of carbonyl (C=O) groups is 1. The van der Waals surface area contributed by atoms with Gasteiger partial charge in [-0.25, -0.2) is 8.42 Å². The topological polar surface area (TPSA) is 63.2 Å². The highest BCUT2D eigenvalue weighted by Crippen LogP contribution is 2.21. The van der Waals surface area contributed by atoms with Crippen LogP contribution in [0.1, 0.15) is 15.9 Å². The average Bonchev–Trinajstić information content (AvgIpc) is 2.41. The molecular weight excluding hydrogens is 354 g/mol. The lowest BCUT2D eigenvalue weighted by Crippen LogP contribution is -2.14. The van der Waals surface area contributed by atoms with Crippen molar-refractivity contribution >= 4 is 37.4 Å². The van der Waals surface area contributed by atoms with Gasteiger partial charge in [-0.2, -0.15) is 0 Å². The smallest absolute Gasteiger partial charge is 0.255 e. The molecule has 2 rings (SSSR count). The van der Waals surface area contributed by atoms with E-state index in [-0.39, 0.29) is 10.8 Å². The molecule has 0 aliphatic heterocycles. The first-order chi connectivity index (χ1) is 9.79. The highest BCUT2D eigenvalue weighted by molar-refractivity contribution is 9.10. The van der Waals surface area contributed by atoms with E-state index in [4.69, 9.17) is 0 Å². The Balaban J connectivity index is 2.30. The van der Waals surface area contributed by atoms with Crippen molar-refractivity contribution in [1.82, 2.24) is 0 Å². The number of sulfone groups is 1. The van der Waals surface area contributed by atoms with Gasteiger partial charge in [-0.15, -0.1) is 0 Å². The van der Waals surface area contributed by atoms with Crippen LogP contribution in [0.5, 0.6) is 0 Å². The third kappa shape index (κ3) is 3.71. The molecule has 0 spiro atoms. The second-order valence-electron chi connectivity index (χ2n) is 4.67. The molecule has 2 aromatic carbocycles. The van der Waals surface area contributed by atoms with Crippen LogP contribution in [0.3, 0.4) is 0 Å². The van der Waals surface area contributed by atoms with E-state index in [1.54, 1.807) is 24.3 Å². The van der Waals surface area contributed by atoms with E-state index in [1.807, 2.05) is 13.0 Å². The molecule has 21 heavy (non-hydrogen) atoms. The van der Waals surface area contributed by atoms with Gasteiger partial charge in [0.25, 0.3) is 5.91 Å². The number of hydrogen-bond acceptors (Lipinski definition) is 3. The summed E-state index contributed by atoms with van der Waals surface area (Å²) >= 11 is 3.38. The van der Waals surface area contributed by atoms with Crippen LogP contribution in [0.25, 0.3) is 0 Å². The lowest BCUT2D eigenvalue weighted by molar-refractivity contribution is 0.102. The molecule has 0 unspecified atom stereocenters. The minimum Gasteiger partial charge on any atom is -0.322 e. The van der Waals surface area contributed by atoms with Gasteiger partial charge in [0.1, 0.15) is 0 Å². The van der Waals surface area contributed by atoms with Crippen LogP contribution in [0, 0.1) is 6.92 Å². The van der Waals surface area contributed by atoms with Crippen molar-refractivity contribution < 1.29 is 13.2 Å². The van der Waals surface area contributed by atoms with E-state index in [1.165, 1.54) is 12.1 Å². The molecule has 0 saturated heterocycles. The zero-order valence-electron chi connectivity index (χ0n) is 11.6. The molecule has 0 saturated carbocycles. The molecule has 4 nitrogen and oxygen atoms in total. The largest absolute Gasteiger partial charge is 0.322 e. The Morgan fingerprint density at radius 3 is 2.48 bits per heavy atom. The van der Waals surface area contributed by atoms with Gasteiger partial charge < -0.3 is 5.32 Å². The molecule has 0 aromatic heterocycles. The summed E-state index contributed by atoms with van der Waals surface area (Å²) in [6, 6.07) is 11.5. The van der Waals surface area contributed by atoms with Gasteiger partial charge in [-0.3, -0.25) is 4.79 Å². The van der Waals surface area contributed by atoms with Crippen LogP contribution >= 0.6 is 15.9 Å². The second-order valence-corrected chi connectivity index (χ2v) is 7.54. The molecule has 0 bridgehead atoms. The summed E-state index contributed by atoms with van der Waals surface area (Å²) < 4.78 is 23.9. The number of hydrogen-bond donors (Lipinski definition) is 1. The highest BCUT2D eigenvalue weighted by Gasteiger charge is 2.12. The number of halogens is 1. The molecular formula is C15H14BrNO3S. The van der Waals surface area contributed by atoms with Gasteiger partial charge in [-0.05, 0) is 42.8 Å². The number of benzene rings is 2. The van der Waals surface area contributed by atoms with Crippen LogP contribution in [0.4, 0.5) is 5.69 Å². The Bertz CT molecular complexity index is 800. The summed E-state index contributed by atoms with van der Waals surface area (Å²) in [6.45, 7) is 1.84. The summed E-state index contributed by atoms with van der Waals surface area (Å²) in [4.78, 5) is 12.4. The molecule has 0 radical (unpaired) electrons. The predicted octanol–water partition coefficient (Wildman–Crippen LogP) is 3.41. The number of carbonyl (C=O) groups excluding carboxylic acids is 1. The molecule has 0 aliphatic rings. The molecule has 0 fully saturated rings. The number of anilines is 1. The number of amides is 1. The monoisotopic (exact) mass is 367 g/mol. The summed E-state index contributed by atoms with van der Waals surface area (Å²) in [5.41, 5.74) is 1.81. The fourth-order valence-electron chi connectivity index (χ4n) is 1.86. The second kappa shape index (κ2) is 5.99. The maximum atomic E-state index is 12.3. The molecule has 0 aliphatic carbocycles. The van der Waals surface area contributed by atoms with E-state index in [0.717, 1.165) is 16.3 Å². The summed E-state index contributed by atoms with van der Waals surface area (Å²) in [6.07, 6.45) is 1.13. The number of rotatable bonds is 3. The Kier molecular flexibility index (Phi) is 4.49. The lowest BCUT2D eigenvalue weighted by atomic mass is 10.1. The van der Waals surface area contributed by atoms with Gasteiger partial charge in [-0.1, -0.05) is 28.1 Å². The van der Waals surface area contributed by atoms with Gasteiger partial charge in [0, 0.05) is 22.0 Å². The van der Waals surface area contributed by atoms with Crippen LogP contribution < -0.4 is 5.32 Å². The standard InChI is InChI=1S/C15H14BrNO3S/c1-10-13(7-4-8-14(10)16)15(18)17-11-5-3-6-12(9-11)21(2,19)20/h3-9H,1-2H3,(H,17,18). The Hall–Kier alpha value is -1.66. The van der Waals surface area contributed by atoms with Crippen molar-refractivity contribution in [3.8, 4) is 0 Å². The first kappa shape index (κ1) is 15.7. The molecule has 110 valence electrons. The van der Waals surface area contributed by atoms with Gasteiger partial charge in [0.05, 0.1) is 4.90 Å². The summed E-state index contributed by atoms with van der Waals surface area (Å²) in [7, 11) is -3.30. The van der Waals surface area contributed by atoms with Gasteiger partial charge >= 0.3 is 0 Å². The van der Waals surface area contributed by atoms with Crippen molar-refractivity contribution in [3.63, 3.8) is 0 Å². The van der Waals surface area contributed by atoms with E-state index in [0.29, 0.717) is 11.3 Å². The first-order valence-electron chi connectivity index (χ1n) is 6.15. The van der Waals surface area contributed by atoms with E-state index < -0.39 is 9.84 Å².